The van der Waals surface area contributed by atoms with E-state index >= 15 is 0 Å². The van der Waals surface area contributed by atoms with Gasteiger partial charge in [0.25, 0.3) is 5.91 Å². The number of nitrogens with two attached hydrogens (primary N) is 2. The summed E-state index contributed by atoms with van der Waals surface area (Å²) in [5.74, 6) is -2.54. The highest BCUT2D eigenvalue weighted by Gasteiger charge is 2.34. The summed E-state index contributed by atoms with van der Waals surface area (Å²) in [6, 6.07) is 12.4. The number of aliphatic imine (C=N–C) groups is 1. The molecule has 0 saturated carbocycles. The van der Waals surface area contributed by atoms with Crippen molar-refractivity contribution in [3.8, 4) is 11.5 Å². The lowest BCUT2D eigenvalue weighted by Crippen LogP contribution is -2.56. The van der Waals surface area contributed by atoms with E-state index in [4.69, 9.17) is 25.7 Å². The molecular weight excluding hydrogens is 720 g/mol. The fourth-order valence-electron chi connectivity index (χ4n) is 6.68. The van der Waals surface area contributed by atoms with Crippen molar-refractivity contribution in [2.45, 2.75) is 90.6 Å². The Bertz CT molecular complexity index is 1980. The molecule has 15 nitrogen and oxygen atoms in total. The Morgan fingerprint density at radius 1 is 0.929 bits per heavy atom. The number of guanidine groups is 1. The number of hydrogen-bond donors (Lipinski definition) is 6. The van der Waals surface area contributed by atoms with E-state index in [1.54, 1.807) is 12.1 Å². The summed E-state index contributed by atoms with van der Waals surface area (Å²) in [6.07, 6.45) is -0.111. The van der Waals surface area contributed by atoms with Gasteiger partial charge < -0.3 is 46.7 Å². The highest BCUT2D eigenvalue weighted by molar-refractivity contribution is 6.01. The first-order valence-electron chi connectivity index (χ1n) is 18.6. The van der Waals surface area contributed by atoms with Gasteiger partial charge in [-0.3, -0.25) is 24.2 Å². The fourth-order valence-corrected chi connectivity index (χ4v) is 6.68. The first-order chi connectivity index (χ1) is 26.7. The van der Waals surface area contributed by atoms with Crippen LogP contribution in [0.1, 0.15) is 94.2 Å². The second kappa shape index (κ2) is 18.6. The minimum Gasteiger partial charge on any atom is -0.484 e. The van der Waals surface area contributed by atoms with E-state index < -0.39 is 47.9 Å². The summed E-state index contributed by atoms with van der Waals surface area (Å²) in [5.41, 5.74) is 15.2. The number of benzene rings is 3. The molecule has 2 aliphatic rings. The molecule has 0 radical (unpaired) electrons. The average molecular weight is 771 g/mol. The van der Waals surface area contributed by atoms with Gasteiger partial charge in [-0.1, -0.05) is 44.2 Å². The maximum absolute atomic E-state index is 14.2. The molecule has 2 heterocycles. The molecule has 3 aromatic rings. The van der Waals surface area contributed by atoms with Crippen LogP contribution in [0.4, 0.5) is 0 Å². The molecule has 0 saturated heterocycles. The molecule has 56 heavy (non-hydrogen) atoms. The Morgan fingerprint density at radius 3 is 2.32 bits per heavy atom. The maximum Gasteiger partial charge on any atom is 0.326 e. The van der Waals surface area contributed by atoms with E-state index in [0.29, 0.717) is 34.6 Å². The topological polar surface area (TPSA) is 234 Å². The molecule has 3 amide bonds. The summed E-state index contributed by atoms with van der Waals surface area (Å²) in [7, 11) is 0. The van der Waals surface area contributed by atoms with Crippen molar-refractivity contribution in [2.24, 2.45) is 22.4 Å². The number of rotatable bonds is 16. The number of nitrogens with one attached hydrogen (secondary N) is 3. The van der Waals surface area contributed by atoms with E-state index in [9.17, 15) is 29.1 Å². The zero-order valence-corrected chi connectivity index (χ0v) is 32.1. The number of carboxylic acid groups (broad SMARTS) is 1. The lowest BCUT2D eigenvalue weighted by molar-refractivity contribution is -0.142. The third kappa shape index (κ3) is 10.6. The molecule has 0 aromatic heterocycles. The normalized spacial score (nSPS) is 16.2. The summed E-state index contributed by atoms with van der Waals surface area (Å²) < 4.78 is 17.8. The number of aliphatic carboxylic acids is 1. The molecule has 8 N–H and O–H groups in total. The molecular formula is C41H50N6O9. The number of carboxylic acids is 1. The van der Waals surface area contributed by atoms with E-state index in [2.05, 4.69) is 20.9 Å². The fraction of sp³-hybridized carbons (Fsp3) is 0.415. The van der Waals surface area contributed by atoms with Crippen LogP contribution >= 0.6 is 0 Å². The Kier molecular flexibility index (Phi) is 13.7. The van der Waals surface area contributed by atoms with Crippen molar-refractivity contribution in [2.75, 3.05) is 13.3 Å². The van der Waals surface area contributed by atoms with Crippen LogP contribution in [0.3, 0.4) is 0 Å². The highest BCUT2D eigenvalue weighted by atomic mass is 16.7. The van der Waals surface area contributed by atoms with Crippen molar-refractivity contribution < 1.29 is 43.3 Å². The summed E-state index contributed by atoms with van der Waals surface area (Å²) in [4.78, 5) is 71.0. The molecule has 5 rings (SSSR count). The Morgan fingerprint density at radius 2 is 1.62 bits per heavy atom. The van der Waals surface area contributed by atoms with Gasteiger partial charge in [0.2, 0.25) is 11.8 Å². The Balaban J connectivity index is 1.40. The maximum atomic E-state index is 14.2. The molecule has 2 aliphatic heterocycles. The monoisotopic (exact) mass is 770 g/mol. The largest absolute Gasteiger partial charge is 0.484 e. The number of aryl methyl sites for hydroxylation is 2. The molecule has 0 aliphatic carbocycles. The number of carbonyl (C=O) groups is 5. The van der Waals surface area contributed by atoms with E-state index in [1.807, 2.05) is 70.2 Å². The van der Waals surface area contributed by atoms with Gasteiger partial charge in [-0.05, 0) is 80.0 Å². The van der Waals surface area contributed by atoms with Crippen LogP contribution in [0.25, 0.3) is 0 Å². The van der Waals surface area contributed by atoms with E-state index in [-0.39, 0.29) is 68.9 Å². The average Bonchev–Trinajstić information content (AvgIpc) is 3.15. The standard InChI is InChI=1S/C41H50N6O9/c1-22(2)13-31(38(50)45-30(40(52)53)11-8-12-44-41(42)43)47-39(51)32(16-25-9-6-5-7-10-25)46-37(49)26-17-27-20-54-21-55-36(27)29(18-26)35-19-33(48)28-14-23(3)24(4)15-34(28)56-35/h5-7,9-10,14-15,17-18,22,30-32,35H,8,11-13,16,19-21H2,1-4H3,(H,45,50)(H,46,49)(H,47,51)(H,52,53)(H4,42,43,44)/t30-,31-,32-,35+/m0/s1. The third-order valence-corrected chi connectivity index (χ3v) is 9.69. The number of amides is 3. The van der Waals surface area contributed by atoms with Crippen molar-refractivity contribution in [1.82, 2.24) is 16.0 Å². The van der Waals surface area contributed by atoms with Crippen LogP contribution in [0, 0.1) is 19.8 Å². The molecule has 0 unspecified atom stereocenters. The smallest absolute Gasteiger partial charge is 0.326 e. The third-order valence-electron chi connectivity index (χ3n) is 9.69. The molecule has 0 spiro atoms. The SMILES string of the molecule is Cc1cc2c(cc1C)C(=O)C[C@H](c1cc(C(=O)N[C@@H](Cc3ccccc3)C(=O)N[C@@H](CC(C)C)C(=O)N[C@@H](CCCN=C(N)N)C(=O)O)cc3c1OCOC3)O2. The van der Waals surface area contributed by atoms with Crippen molar-refractivity contribution >= 4 is 35.4 Å². The predicted octanol–water partition coefficient (Wildman–Crippen LogP) is 3.37. The lowest BCUT2D eigenvalue weighted by Gasteiger charge is -2.30. The Labute approximate surface area is 325 Å². The number of ether oxygens (including phenoxy) is 3. The number of fused-ring (bicyclic) bond motifs is 2. The van der Waals surface area contributed by atoms with Crippen molar-refractivity contribution in [3.05, 3.63) is 93.5 Å². The number of nitrogens with zero attached hydrogens (tertiary/aromatic N) is 1. The van der Waals surface area contributed by atoms with Crippen LogP contribution in [-0.4, -0.2) is 72.0 Å². The van der Waals surface area contributed by atoms with Gasteiger partial charge >= 0.3 is 5.97 Å². The molecule has 0 bridgehead atoms. The van der Waals surface area contributed by atoms with Gasteiger partial charge in [0, 0.05) is 29.7 Å². The van der Waals surface area contributed by atoms with Gasteiger partial charge in [-0.25, -0.2) is 4.79 Å². The van der Waals surface area contributed by atoms with Gasteiger partial charge in [0.05, 0.1) is 18.6 Å². The van der Waals surface area contributed by atoms with Crippen molar-refractivity contribution in [3.63, 3.8) is 0 Å². The number of carbonyl (C=O) groups excluding carboxylic acids is 4. The van der Waals surface area contributed by atoms with Crippen LogP contribution in [0.2, 0.25) is 0 Å². The van der Waals surface area contributed by atoms with E-state index in [0.717, 1.165) is 16.7 Å². The summed E-state index contributed by atoms with van der Waals surface area (Å²) >= 11 is 0. The van der Waals surface area contributed by atoms with Gasteiger partial charge in [-0.15, -0.1) is 0 Å². The first-order valence-corrected chi connectivity index (χ1v) is 18.6. The zero-order chi connectivity index (χ0) is 40.5. The molecule has 4 atom stereocenters. The van der Waals surface area contributed by atoms with Crippen LogP contribution in [0.5, 0.6) is 11.5 Å². The highest BCUT2D eigenvalue weighted by Crippen LogP contribution is 2.42. The summed E-state index contributed by atoms with van der Waals surface area (Å²) in [5, 5.41) is 18.0. The summed E-state index contributed by atoms with van der Waals surface area (Å²) in [6.45, 7) is 7.91. The second-order valence-corrected chi connectivity index (χ2v) is 14.6. The minimum atomic E-state index is -1.25. The quantitative estimate of drug-likeness (QED) is 0.0702. The first kappa shape index (κ1) is 41.2. The Hall–Kier alpha value is -5.96. The number of Topliss-reactive ketones (excluding diaryl/α,β-unsaturated/α-hetero) is 1. The van der Waals surface area contributed by atoms with Gasteiger partial charge in [-0.2, -0.15) is 0 Å². The molecule has 298 valence electrons. The van der Waals surface area contributed by atoms with Crippen LogP contribution in [0.15, 0.2) is 59.6 Å². The van der Waals surface area contributed by atoms with Gasteiger partial charge in [0.1, 0.15) is 35.7 Å². The predicted molar refractivity (Wildman–Crippen MR) is 207 cm³/mol. The molecule has 15 heteroatoms. The second-order valence-electron chi connectivity index (χ2n) is 14.6. The zero-order valence-electron chi connectivity index (χ0n) is 32.1. The van der Waals surface area contributed by atoms with E-state index in [1.165, 1.54) is 0 Å². The van der Waals surface area contributed by atoms with Crippen LogP contribution < -0.4 is 36.9 Å². The molecule has 3 aromatic carbocycles. The minimum absolute atomic E-state index is 0.0171. The van der Waals surface area contributed by atoms with Crippen molar-refractivity contribution in [1.29, 1.82) is 0 Å². The number of ketones is 1. The van der Waals surface area contributed by atoms with Gasteiger partial charge in [0.15, 0.2) is 18.5 Å². The lowest BCUT2D eigenvalue weighted by atomic mass is 9.91. The van der Waals surface area contributed by atoms with Crippen LogP contribution in [-0.2, 0) is 32.1 Å². The number of hydrogen-bond acceptors (Lipinski definition) is 9. The molecule has 0 fully saturated rings.